The van der Waals surface area contributed by atoms with E-state index >= 15 is 0 Å². The van der Waals surface area contributed by atoms with Crippen molar-refractivity contribution in [2.45, 2.75) is 113 Å². The lowest BCUT2D eigenvalue weighted by Gasteiger charge is -2.20. The van der Waals surface area contributed by atoms with E-state index in [-0.39, 0.29) is 49.7 Å². The molecule has 0 atom stereocenters. The Hall–Kier alpha value is -3.24. The van der Waals surface area contributed by atoms with Crippen molar-refractivity contribution in [2.24, 2.45) is 5.92 Å². The topological polar surface area (TPSA) is 120 Å². The second-order valence-electron chi connectivity index (χ2n) is 11.7. The average Bonchev–Trinajstić information content (AvgIpc) is 3.70. The van der Waals surface area contributed by atoms with Gasteiger partial charge in [0, 0.05) is 11.7 Å². The number of anilines is 2. The van der Waals surface area contributed by atoms with Crippen LogP contribution < -0.4 is 14.8 Å². The average molecular weight is 619 g/mol. The fraction of sp³-hybridized carbons (Fsp3) is 0.545. The van der Waals surface area contributed by atoms with Gasteiger partial charge in [0.1, 0.15) is 5.60 Å². The van der Waals surface area contributed by atoms with Crippen LogP contribution in [0.25, 0.3) is 11.0 Å². The van der Waals surface area contributed by atoms with Crippen LogP contribution in [0, 0.1) is 5.92 Å². The number of para-hydroxylation sites is 3. The number of esters is 1. The number of fused-ring (bicyclic) bond motifs is 1. The summed E-state index contributed by atoms with van der Waals surface area (Å²) in [5.41, 5.74) is 2.27. The molecule has 1 aromatic heterocycles. The smallest absolute Gasteiger partial charge is 0.308 e. The fourth-order valence-electron chi connectivity index (χ4n) is 3.25. The first kappa shape index (κ1) is 39.8. The van der Waals surface area contributed by atoms with Crippen LogP contribution in [0.15, 0.2) is 54.6 Å². The highest BCUT2D eigenvalue weighted by molar-refractivity contribution is 7.90. The number of carbonyl (C=O) groups excluding carboxylic acids is 1. The van der Waals surface area contributed by atoms with Gasteiger partial charge in [-0.2, -0.15) is 0 Å². The van der Waals surface area contributed by atoms with Gasteiger partial charge in [0.2, 0.25) is 10.0 Å². The van der Waals surface area contributed by atoms with E-state index in [9.17, 15) is 13.2 Å². The van der Waals surface area contributed by atoms with E-state index in [1.807, 2.05) is 117 Å². The third-order valence-corrected chi connectivity index (χ3v) is 7.31. The number of nitrogens with one attached hydrogen (secondary N) is 2. The number of ether oxygens (including phenoxy) is 2. The van der Waals surface area contributed by atoms with Crippen LogP contribution in [-0.2, 0) is 19.6 Å². The molecule has 0 amide bonds. The van der Waals surface area contributed by atoms with Gasteiger partial charge in [-0.1, -0.05) is 59.0 Å². The molecule has 2 aromatic carbocycles. The van der Waals surface area contributed by atoms with Crippen LogP contribution in [0.2, 0.25) is 0 Å². The maximum atomic E-state index is 11.1. The molecule has 1 fully saturated rings. The van der Waals surface area contributed by atoms with E-state index in [1.54, 1.807) is 0 Å². The lowest BCUT2D eigenvalue weighted by molar-refractivity contribution is -0.158. The van der Waals surface area contributed by atoms with Gasteiger partial charge in [-0.15, -0.1) is 0 Å². The van der Waals surface area contributed by atoms with Crippen LogP contribution in [0.4, 0.5) is 11.5 Å². The molecule has 0 aliphatic heterocycles. The van der Waals surface area contributed by atoms with Crippen molar-refractivity contribution in [3.05, 3.63) is 54.6 Å². The monoisotopic (exact) mass is 618 g/mol. The quantitative estimate of drug-likeness (QED) is 0.245. The third kappa shape index (κ3) is 15.2. The van der Waals surface area contributed by atoms with Crippen molar-refractivity contribution in [3.8, 4) is 5.88 Å². The van der Waals surface area contributed by atoms with E-state index in [4.69, 9.17) is 9.47 Å². The molecule has 3 aromatic rings. The number of aromatic nitrogens is 2. The summed E-state index contributed by atoms with van der Waals surface area (Å²) in [6, 6.07) is 17.7. The molecule has 43 heavy (non-hydrogen) atoms. The number of benzene rings is 2. The van der Waals surface area contributed by atoms with E-state index in [1.165, 1.54) is 0 Å². The summed E-state index contributed by atoms with van der Waals surface area (Å²) in [4.78, 5) is 20.1. The molecule has 1 aliphatic carbocycles. The molecule has 0 spiro atoms. The van der Waals surface area contributed by atoms with Crippen molar-refractivity contribution in [2.75, 3.05) is 5.32 Å². The summed E-state index contributed by atoms with van der Waals surface area (Å²) in [7, 11) is -2.94. The molecule has 0 saturated heterocycles. The van der Waals surface area contributed by atoms with Gasteiger partial charge < -0.3 is 14.8 Å². The standard InChI is InChI=1S/C17H17N3O.C8H16O2.C6H13NO2S.2CH4/c1-12(2)21-17-16(18-13-8-4-3-5-9-13)19-14-10-6-7-11-15(14)20-17;1-6(2)7(9)10-8(3,4)5;1-5(2)7-10(8,9)6-3-4-6;;/h3-12H,1-2H3,(H,18,19);6H,1-5H3;5-7H,3-4H2,1-2H3;2*1H4. The highest BCUT2D eigenvalue weighted by atomic mass is 32.2. The highest BCUT2D eigenvalue weighted by Crippen LogP contribution is 2.28. The van der Waals surface area contributed by atoms with E-state index in [2.05, 4.69) is 20.0 Å². The predicted octanol–water partition coefficient (Wildman–Crippen LogP) is 7.89. The number of hydrogen-bond acceptors (Lipinski definition) is 8. The molecule has 0 bridgehead atoms. The minimum atomic E-state index is -2.94. The van der Waals surface area contributed by atoms with E-state index < -0.39 is 10.0 Å². The molecular formula is C33H54N4O5S. The first-order chi connectivity index (χ1) is 19.1. The Morgan fingerprint density at radius 2 is 1.37 bits per heavy atom. The Balaban J connectivity index is 0.000000681. The third-order valence-electron chi connectivity index (χ3n) is 5.16. The van der Waals surface area contributed by atoms with Crippen molar-refractivity contribution in [1.29, 1.82) is 0 Å². The Kier molecular flexibility index (Phi) is 16.4. The molecule has 9 nitrogen and oxygen atoms in total. The zero-order chi connectivity index (χ0) is 30.8. The van der Waals surface area contributed by atoms with Gasteiger partial charge in [-0.3, -0.25) is 4.79 Å². The highest BCUT2D eigenvalue weighted by Gasteiger charge is 2.35. The Morgan fingerprint density at radius 1 is 0.860 bits per heavy atom. The molecular weight excluding hydrogens is 564 g/mol. The van der Waals surface area contributed by atoms with Crippen molar-refractivity contribution >= 4 is 38.5 Å². The number of rotatable bonds is 8. The Morgan fingerprint density at radius 3 is 1.79 bits per heavy atom. The van der Waals surface area contributed by atoms with Gasteiger partial charge in [-0.25, -0.2) is 23.1 Å². The van der Waals surface area contributed by atoms with Crippen molar-refractivity contribution < 1.29 is 22.7 Å². The second kappa shape index (κ2) is 17.8. The largest absolute Gasteiger partial charge is 0.472 e. The van der Waals surface area contributed by atoms with Crippen LogP contribution in [0.5, 0.6) is 5.88 Å². The molecule has 242 valence electrons. The Labute approximate surface area is 260 Å². The number of sulfonamides is 1. The van der Waals surface area contributed by atoms with Crippen molar-refractivity contribution in [3.63, 3.8) is 0 Å². The number of hydrogen-bond donors (Lipinski definition) is 2. The van der Waals surface area contributed by atoms with Gasteiger partial charge >= 0.3 is 5.97 Å². The summed E-state index contributed by atoms with van der Waals surface area (Å²) in [6.45, 7) is 16.9. The Bertz CT molecular complexity index is 1350. The van der Waals surface area contributed by atoms with Gasteiger partial charge in [-0.05, 0) is 85.6 Å². The van der Waals surface area contributed by atoms with Crippen LogP contribution in [0.3, 0.4) is 0 Å². The molecule has 4 rings (SSSR count). The summed E-state index contributed by atoms with van der Waals surface area (Å²) < 4.78 is 35.6. The summed E-state index contributed by atoms with van der Waals surface area (Å²) in [5.74, 6) is 0.993. The SMILES string of the molecule is C.C.CC(C)C(=O)OC(C)(C)C.CC(C)NS(=O)(=O)C1CC1.CC(C)Oc1nc2ccccc2nc1Nc1ccccc1. The summed E-state index contributed by atoms with van der Waals surface area (Å²) in [5, 5.41) is 3.18. The molecule has 0 unspecified atom stereocenters. The second-order valence-corrected chi connectivity index (χ2v) is 13.7. The van der Waals surface area contributed by atoms with Crippen molar-refractivity contribution in [1.82, 2.24) is 14.7 Å². The van der Waals surface area contributed by atoms with Crippen LogP contribution >= 0.6 is 0 Å². The molecule has 2 N–H and O–H groups in total. The lowest BCUT2D eigenvalue weighted by Crippen LogP contribution is -2.32. The predicted molar refractivity (Wildman–Crippen MR) is 179 cm³/mol. The maximum Gasteiger partial charge on any atom is 0.308 e. The van der Waals surface area contributed by atoms with E-state index in [0.717, 1.165) is 29.6 Å². The normalized spacial score (nSPS) is 12.7. The molecule has 1 saturated carbocycles. The minimum Gasteiger partial charge on any atom is -0.472 e. The number of nitrogens with zero attached hydrogens (tertiary/aromatic N) is 2. The van der Waals surface area contributed by atoms with Crippen LogP contribution in [0.1, 0.15) is 90.0 Å². The molecule has 1 heterocycles. The minimum absolute atomic E-state index is 0. The number of carbonyl (C=O) groups is 1. The first-order valence-corrected chi connectivity index (χ1v) is 15.6. The zero-order valence-electron chi connectivity index (χ0n) is 25.8. The van der Waals surface area contributed by atoms with Crippen LogP contribution in [-0.4, -0.2) is 47.4 Å². The van der Waals surface area contributed by atoms with E-state index in [0.29, 0.717) is 11.7 Å². The summed E-state index contributed by atoms with van der Waals surface area (Å²) in [6.07, 6.45) is 1.71. The molecule has 1 aliphatic rings. The summed E-state index contributed by atoms with van der Waals surface area (Å²) >= 11 is 0. The van der Waals surface area contributed by atoms with Gasteiger partial charge in [0.05, 0.1) is 28.3 Å². The fourth-order valence-corrected chi connectivity index (χ4v) is 4.86. The molecule has 0 radical (unpaired) electrons. The van der Waals surface area contributed by atoms with Gasteiger partial charge in [0.15, 0.2) is 5.82 Å². The molecule has 10 heteroatoms. The zero-order valence-corrected chi connectivity index (χ0v) is 26.6. The lowest BCUT2D eigenvalue weighted by atomic mass is 10.1. The maximum absolute atomic E-state index is 11.1. The first-order valence-electron chi connectivity index (χ1n) is 14.1. The van der Waals surface area contributed by atoms with Gasteiger partial charge in [0.25, 0.3) is 5.88 Å².